The highest BCUT2D eigenvalue weighted by molar-refractivity contribution is 8.18. The second-order valence-electron chi connectivity index (χ2n) is 7.18. The molecule has 2 amide bonds. The molecule has 0 unspecified atom stereocenters. The number of carbonyl (C=O) groups is 2. The molecule has 2 aromatic carbocycles. The van der Waals surface area contributed by atoms with E-state index < -0.39 is 16.1 Å². The van der Waals surface area contributed by atoms with Crippen molar-refractivity contribution in [3.8, 4) is 28.6 Å². The van der Waals surface area contributed by atoms with Crippen molar-refractivity contribution >= 4 is 34.7 Å². The number of hydrogen-bond acceptors (Lipinski definition) is 9. The van der Waals surface area contributed by atoms with Crippen LogP contribution < -0.4 is 14.2 Å². The molecule has 10 nitrogen and oxygen atoms in total. The number of nitrogens with zero attached hydrogens (tertiary/aromatic N) is 2. The van der Waals surface area contributed by atoms with Gasteiger partial charge in [-0.3, -0.25) is 24.6 Å². The third-order valence-electron chi connectivity index (χ3n) is 5.08. The standard InChI is InChI=1S/C24H20N2O8S/c1-31-19-5-3-4-6-20(19)33-12-11-25-23(27)22(35-24(25)28)14-16-8-10-18(34-16)17-9-7-15(26(29)30)13-21(17)32-2/h3-10,13-14H,11-12H2,1-2H3/b22-14-. The fourth-order valence-electron chi connectivity index (χ4n) is 3.38. The maximum atomic E-state index is 12.8. The second-order valence-corrected chi connectivity index (χ2v) is 8.17. The van der Waals surface area contributed by atoms with E-state index in [-0.39, 0.29) is 29.5 Å². The van der Waals surface area contributed by atoms with E-state index in [2.05, 4.69) is 0 Å². The fraction of sp³-hybridized carbons (Fsp3) is 0.167. The number of benzene rings is 2. The highest BCUT2D eigenvalue weighted by Gasteiger charge is 2.35. The first-order chi connectivity index (χ1) is 16.9. The van der Waals surface area contributed by atoms with Crippen molar-refractivity contribution in [2.45, 2.75) is 0 Å². The average Bonchev–Trinajstić information content (AvgIpc) is 3.43. The Kier molecular flexibility index (Phi) is 7.06. The molecule has 1 aliphatic rings. The molecule has 1 aromatic heterocycles. The van der Waals surface area contributed by atoms with Crippen molar-refractivity contribution in [2.75, 3.05) is 27.4 Å². The maximum Gasteiger partial charge on any atom is 0.293 e. The first-order valence-corrected chi connectivity index (χ1v) is 11.2. The normalized spacial score (nSPS) is 14.5. The molecular weight excluding hydrogens is 476 g/mol. The summed E-state index contributed by atoms with van der Waals surface area (Å²) in [6.07, 6.45) is 1.48. The monoisotopic (exact) mass is 496 g/mol. The van der Waals surface area contributed by atoms with Gasteiger partial charge in [-0.1, -0.05) is 12.1 Å². The number of ether oxygens (including phenoxy) is 3. The number of nitro groups is 1. The molecule has 0 radical (unpaired) electrons. The third-order valence-corrected chi connectivity index (χ3v) is 5.98. The van der Waals surface area contributed by atoms with Crippen molar-refractivity contribution < 1.29 is 33.1 Å². The van der Waals surface area contributed by atoms with Crippen LogP contribution in [-0.4, -0.2) is 48.3 Å². The zero-order valence-electron chi connectivity index (χ0n) is 18.8. The number of thioether (sulfide) groups is 1. The summed E-state index contributed by atoms with van der Waals surface area (Å²) >= 11 is 0.807. The van der Waals surface area contributed by atoms with Crippen molar-refractivity contribution in [3.05, 3.63) is 75.4 Å². The van der Waals surface area contributed by atoms with Gasteiger partial charge in [0.1, 0.15) is 23.9 Å². The third kappa shape index (κ3) is 5.14. The summed E-state index contributed by atoms with van der Waals surface area (Å²) in [5, 5.41) is 10.6. The van der Waals surface area contributed by atoms with E-state index in [0.717, 1.165) is 16.7 Å². The molecule has 0 saturated carbocycles. The number of methoxy groups -OCH3 is 2. The Morgan fingerprint density at radius 2 is 1.77 bits per heavy atom. The van der Waals surface area contributed by atoms with Crippen LogP contribution in [0.2, 0.25) is 0 Å². The molecule has 35 heavy (non-hydrogen) atoms. The lowest BCUT2D eigenvalue weighted by atomic mass is 10.1. The summed E-state index contributed by atoms with van der Waals surface area (Å²) in [4.78, 5) is 37.0. The highest BCUT2D eigenvalue weighted by Crippen LogP contribution is 2.36. The Hall–Kier alpha value is -4.25. The summed E-state index contributed by atoms with van der Waals surface area (Å²) in [6.45, 7) is 0.181. The van der Waals surface area contributed by atoms with E-state index >= 15 is 0 Å². The lowest BCUT2D eigenvalue weighted by Gasteiger charge is -2.14. The largest absolute Gasteiger partial charge is 0.496 e. The molecule has 0 atom stereocenters. The summed E-state index contributed by atoms with van der Waals surface area (Å²) in [6, 6.07) is 14.6. The number of hydrogen-bond donors (Lipinski definition) is 0. The van der Waals surface area contributed by atoms with Crippen LogP contribution in [0.15, 0.2) is 63.9 Å². The molecule has 180 valence electrons. The van der Waals surface area contributed by atoms with Crippen LogP contribution in [0.4, 0.5) is 10.5 Å². The maximum absolute atomic E-state index is 12.8. The van der Waals surface area contributed by atoms with Crippen LogP contribution in [0.3, 0.4) is 0 Å². The predicted molar refractivity (Wildman–Crippen MR) is 129 cm³/mol. The molecule has 4 rings (SSSR count). The molecular formula is C24H20N2O8S. The van der Waals surface area contributed by atoms with Gasteiger partial charge in [-0.25, -0.2) is 0 Å². The van der Waals surface area contributed by atoms with Gasteiger partial charge in [0.15, 0.2) is 11.5 Å². The molecule has 3 aromatic rings. The number of rotatable bonds is 9. The molecule has 2 heterocycles. The summed E-state index contributed by atoms with van der Waals surface area (Å²) in [7, 11) is 2.93. The molecule has 11 heteroatoms. The number of imide groups is 1. The van der Waals surface area contributed by atoms with Crippen LogP contribution in [0, 0.1) is 10.1 Å². The molecule has 1 aliphatic heterocycles. The lowest BCUT2D eigenvalue weighted by Crippen LogP contribution is -2.32. The number of carbonyl (C=O) groups excluding carboxylic acids is 2. The van der Waals surface area contributed by atoms with Gasteiger partial charge >= 0.3 is 0 Å². The summed E-state index contributed by atoms with van der Waals surface area (Å²) in [5.74, 6) is 1.63. The van der Waals surface area contributed by atoms with Gasteiger partial charge in [-0.05, 0) is 42.1 Å². The van der Waals surface area contributed by atoms with E-state index in [9.17, 15) is 19.7 Å². The molecule has 0 bridgehead atoms. The van der Waals surface area contributed by atoms with Crippen LogP contribution in [0.1, 0.15) is 5.76 Å². The van der Waals surface area contributed by atoms with Gasteiger partial charge in [0.2, 0.25) is 0 Å². The predicted octanol–water partition coefficient (Wildman–Crippen LogP) is 4.99. The SMILES string of the molecule is COc1ccccc1OCCN1C(=O)S/C(=C\c2ccc(-c3ccc([N+](=O)[O-])cc3OC)o2)C1=O. The molecule has 1 fully saturated rings. The van der Waals surface area contributed by atoms with Gasteiger partial charge in [0.25, 0.3) is 16.8 Å². The molecule has 0 spiro atoms. The van der Waals surface area contributed by atoms with E-state index in [0.29, 0.717) is 28.6 Å². The molecule has 1 saturated heterocycles. The zero-order valence-corrected chi connectivity index (χ0v) is 19.6. The molecule has 0 N–H and O–H groups in total. The Morgan fingerprint density at radius 3 is 2.49 bits per heavy atom. The van der Waals surface area contributed by atoms with Crippen LogP contribution >= 0.6 is 11.8 Å². The smallest absolute Gasteiger partial charge is 0.293 e. The second kappa shape index (κ2) is 10.3. The lowest BCUT2D eigenvalue weighted by molar-refractivity contribution is -0.384. The van der Waals surface area contributed by atoms with Crippen molar-refractivity contribution in [2.24, 2.45) is 0 Å². The number of para-hydroxylation sites is 2. The Morgan fingerprint density at radius 1 is 1.03 bits per heavy atom. The first kappa shape index (κ1) is 23.9. The first-order valence-electron chi connectivity index (χ1n) is 10.3. The Bertz CT molecular complexity index is 1320. The minimum absolute atomic E-state index is 0.0729. The number of nitro benzene ring substituents is 1. The number of amides is 2. The van der Waals surface area contributed by atoms with E-state index in [4.69, 9.17) is 18.6 Å². The van der Waals surface area contributed by atoms with E-state index in [1.807, 2.05) is 6.07 Å². The van der Waals surface area contributed by atoms with Gasteiger partial charge < -0.3 is 18.6 Å². The minimum atomic E-state index is -0.517. The van der Waals surface area contributed by atoms with Gasteiger partial charge in [0, 0.05) is 12.1 Å². The Labute approximate surface area is 204 Å². The topological polar surface area (TPSA) is 121 Å². The van der Waals surface area contributed by atoms with Gasteiger partial charge in [0.05, 0.1) is 42.2 Å². The average molecular weight is 496 g/mol. The van der Waals surface area contributed by atoms with Crippen molar-refractivity contribution in [3.63, 3.8) is 0 Å². The van der Waals surface area contributed by atoms with Crippen molar-refractivity contribution in [1.29, 1.82) is 0 Å². The van der Waals surface area contributed by atoms with Crippen LogP contribution in [-0.2, 0) is 4.79 Å². The molecule has 0 aliphatic carbocycles. The number of non-ortho nitro benzene ring substituents is 1. The minimum Gasteiger partial charge on any atom is -0.496 e. The van der Waals surface area contributed by atoms with Gasteiger partial charge in [-0.15, -0.1) is 0 Å². The quantitative estimate of drug-likeness (QED) is 0.229. The fourth-order valence-corrected chi connectivity index (χ4v) is 4.22. The number of furan rings is 1. The summed E-state index contributed by atoms with van der Waals surface area (Å²) < 4.78 is 21.9. The highest BCUT2D eigenvalue weighted by atomic mass is 32.2. The van der Waals surface area contributed by atoms with E-state index in [1.54, 1.807) is 30.3 Å². The zero-order chi connectivity index (χ0) is 24.9. The van der Waals surface area contributed by atoms with Crippen LogP contribution in [0.5, 0.6) is 17.2 Å². The van der Waals surface area contributed by atoms with Crippen LogP contribution in [0.25, 0.3) is 17.4 Å². The van der Waals surface area contributed by atoms with Gasteiger partial charge in [-0.2, -0.15) is 0 Å². The summed E-state index contributed by atoms with van der Waals surface area (Å²) in [5.41, 5.74) is 0.403. The van der Waals surface area contributed by atoms with Crippen molar-refractivity contribution in [1.82, 2.24) is 4.90 Å². The Balaban J connectivity index is 1.45. The van der Waals surface area contributed by atoms with E-state index in [1.165, 1.54) is 38.5 Å².